The van der Waals surface area contributed by atoms with E-state index in [-0.39, 0.29) is 24.5 Å². The van der Waals surface area contributed by atoms with Crippen molar-refractivity contribution in [2.24, 2.45) is 0 Å². The molecule has 0 aliphatic carbocycles. The summed E-state index contributed by atoms with van der Waals surface area (Å²) in [6, 6.07) is 4.72. The second-order valence-corrected chi connectivity index (χ2v) is 6.17. The van der Waals surface area contributed by atoms with Gasteiger partial charge in [-0.3, -0.25) is 4.31 Å². The molecule has 4 nitrogen and oxygen atoms in total. The molecule has 1 aromatic carbocycles. The first-order valence-corrected chi connectivity index (χ1v) is 7.30. The van der Waals surface area contributed by atoms with Crippen LogP contribution in [0.5, 0.6) is 0 Å². The Labute approximate surface area is 109 Å². The van der Waals surface area contributed by atoms with Gasteiger partial charge >= 0.3 is 6.18 Å². The van der Waals surface area contributed by atoms with E-state index in [1.807, 2.05) is 0 Å². The molecule has 1 aromatic rings. The average Bonchev–Trinajstić information content (AvgIpc) is 2.49. The number of para-hydroxylation sites is 1. The Balaban J connectivity index is 2.51. The van der Waals surface area contributed by atoms with Crippen LogP contribution in [-0.2, 0) is 16.2 Å². The summed E-state index contributed by atoms with van der Waals surface area (Å²) in [5.41, 5.74) is -1.24. The zero-order valence-corrected chi connectivity index (χ0v) is 10.8. The molecule has 1 heterocycles. The van der Waals surface area contributed by atoms with Gasteiger partial charge in [0.15, 0.2) is 0 Å². The van der Waals surface area contributed by atoms with E-state index < -0.39 is 21.8 Å². The predicted molar refractivity (Wildman–Crippen MR) is 65.4 cm³/mol. The van der Waals surface area contributed by atoms with Gasteiger partial charge in [0.2, 0.25) is 10.0 Å². The van der Waals surface area contributed by atoms with Crippen LogP contribution in [-0.4, -0.2) is 33.8 Å². The molecule has 1 N–H and O–H groups in total. The highest BCUT2D eigenvalue weighted by Crippen LogP contribution is 2.37. The van der Waals surface area contributed by atoms with Gasteiger partial charge in [-0.1, -0.05) is 12.1 Å². The summed E-state index contributed by atoms with van der Waals surface area (Å²) < 4.78 is 63.6. The second kappa shape index (κ2) is 5.01. The molecule has 1 saturated heterocycles. The first kappa shape index (κ1) is 14.1. The van der Waals surface area contributed by atoms with E-state index in [0.717, 1.165) is 10.4 Å². The number of alkyl halides is 3. The quantitative estimate of drug-likeness (QED) is 0.853. The first-order valence-electron chi connectivity index (χ1n) is 5.70. The number of hydrogen-bond donors (Lipinski definition) is 1. The SMILES string of the molecule is O=S1(=O)CCNCCN1c1ccccc1C(F)(F)F. The van der Waals surface area contributed by atoms with E-state index in [9.17, 15) is 21.6 Å². The highest BCUT2D eigenvalue weighted by atomic mass is 32.2. The van der Waals surface area contributed by atoms with Crippen molar-refractivity contribution in [1.82, 2.24) is 5.32 Å². The molecule has 0 radical (unpaired) electrons. The maximum Gasteiger partial charge on any atom is 0.418 e. The Morgan fingerprint density at radius 3 is 2.53 bits per heavy atom. The van der Waals surface area contributed by atoms with Crippen LogP contribution in [0.15, 0.2) is 24.3 Å². The average molecular weight is 294 g/mol. The third-order valence-electron chi connectivity index (χ3n) is 2.84. The van der Waals surface area contributed by atoms with Crippen LogP contribution < -0.4 is 9.62 Å². The zero-order valence-electron chi connectivity index (χ0n) is 9.94. The van der Waals surface area contributed by atoms with Crippen molar-refractivity contribution < 1.29 is 21.6 Å². The number of nitrogens with zero attached hydrogens (tertiary/aromatic N) is 1. The number of benzene rings is 1. The molecule has 1 aliphatic rings. The summed E-state index contributed by atoms with van der Waals surface area (Å²) >= 11 is 0. The van der Waals surface area contributed by atoms with Gasteiger partial charge in [0.05, 0.1) is 17.0 Å². The van der Waals surface area contributed by atoms with Crippen molar-refractivity contribution in [2.45, 2.75) is 6.18 Å². The minimum atomic E-state index is -4.58. The summed E-state index contributed by atoms with van der Waals surface area (Å²) in [4.78, 5) is 0. The topological polar surface area (TPSA) is 49.4 Å². The van der Waals surface area contributed by atoms with Crippen molar-refractivity contribution in [1.29, 1.82) is 0 Å². The molecule has 106 valence electrons. The lowest BCUT2D eigenvalue weighted by atomic mass is 10.1. The van der Waals surface area contributed by atoms with Crippen molar-refractivity contribution in [3.63, 3.8) is 0 Å². The summed E-state index contributed by atoms with van der Waals surface area (Å²) in [5.74, 6) is -0.209. The summed E-state index contributed by atoms with van der Waals surface area (Å²) in [5, 5.41) is 2.86. The minimum absolute atomic E-state index is 0.00454. The monoisotopic (exact) mass is 294 g/mol. The van der Waals surface area contributed by atoms with Gasteiger partial charge in [-0.2, -0.15) is 13.2 Å². The number of sulfonamides is 1. The normalized spacial score (nSPS) is 20.1. The van der Waals surface area contributed by atoms with Crippen LogP contribution in [0.1, 0.15) is 5.56 Å². The Hall–Kier alpha value is -1.28. The van der Waals surface area contributed by atoms with Crippen LogP contribution >= 0.6 is 0 Å². The van der Waals surface area contributed by atoms with Crippen LogP contribution in [0.3, 0.4) is 0 Å². The van der Waals surface area contributed by atoms with Crippen molar-refractivity contribution >= 4 is 15.7 Å². The number of rotatable bonds is 1. The van der Waals surface area contributed by atoms with Gasteiger partial charge in [0.25, 0.3) is 0 Å². The fraction of sp³-hybridized carbons (Fsp3) is 0.455. The number of hydrogen-bond acceptors (Lipinski definition) is 3. The number of anilines is 1. The zero-order chi connectivity index (χ0) is 14.1. The van der Waals surface area contributed by atoms with Gasteiger partial charge in [-0.05, 0) is 12.1 Å². The van der Waals surface area contributed by atoms with Gasteiger partial charge in [0, 0.05) is 19.6 Å². The lowest BCUT2D eigenvalue weighted by Crippen LogP contribution is -2.35. The van der Waals surface area contributed by atoms with Crippen LogP contribution in [0.4, 0.5) is 18.9 Å². The number of nitrogens with one attached hydrogen (secondary N) is 1. The summed E-state index contributed by atoms with van der Waals surface area (Å²) in [6.45, 7) is 0.563. The molecule has 0 aromatic heterocycles. The smallest absolute Gasteiger partial charge is 0.314 e. The molecule has 1 fully saturated rings. The molecule has 19 heavy (non-hydrogen) atoms. The van der Waals surface area contributed by atoms with Gasteiger partial charge in [-0.15, -0.1) is 0 Å². The predicted octanol–water partition coefficient (Wildman–Crippen LogP) is 1.44. The Morgan fingerprint density at radius 2 is 1.84 bits per heavy atom. The second-order valence-electron chi connectivity index (χ2n) is 4.15. The Morgan fingerprint density at radius 1 is 1.16 bits per heavy atom. The molecule has 8 heteroatoms. The molecule has 0 saturated carbocycles. The first-order chi connectivity index (χ1) is 8.82. The molecule has 0 amide bonds. The van der Waals surface area contributed by atoms with E-state index in [4.69, 9.17) is 0 Å². The van der Waals surface area contributed by atoms with Crippen LogP contribution in [0, 0.1) is 0 Å². The molecule has 0 spiro atoms. The van der Waals surface area contributed by atoms with Gasteiger partial charge in [0.1, 0.15) is 0 Å². The Kier molecular flexibility index (Phi) is 3.73. The van der Waals surface area contributed by atoms with Gasteiger partial charge < -0.3 is 5.32 Å². The fourth-order valence-electron chi connectivity index (χ4n) is 1.96. The largest absolute Gasteiger partial charge is 0.418 e. The molecular weight excluding hydrogens is 281 g/mol. The third kappa shape index (κ3) is 3.01. The van der Waals surface area contributed by atoms with Crippen molar-refractivity contribution in [3.8, 4) is 0 Å². The van der Waals surface area contributed by atoms with Crippen molar-refractivity contribution in [3.05, 3.63) is 29.8 Å². The molecule has 0 unspecified atom stereocenters. The van der Waals surface area contributed by atoms with E-state index in [1.165, 1.54) is 18.2 Å². The standard InChI is InChI=1S/C11H13F3N2O2S/c12-11(13,14)9-3-1-2-4-10(9)16-7-5-15-6-8-19(16,17)18/h1-4,15H,5-8H2. The fourth-order valence-corrected chi connectivity index (χ4v) is 3.41. The van der Waals surface area contributed by atoms with E-state index >= 15 is 0 Å². The molecule has 2 rings (SSSR count). The summed E-state index contributed by atoms with van der Waals surface area (Å²) in [6.07, 6.45) is -4.58. The molecular formula is C11H13F3N2O2S. The lowest BCUT2D eigenvalue weighted by Gasteiger charge is -2.25. The van der Waals surface area contributed by atoms with Crippen LogP contribution in [0.25, 0.3) is 0 Å². The third-order valence-corrected chi connectivity index (χ3v) is 4.61. The maximum atomic E-state index is 12.9. The minimum Gasteiger partial charge on any atom is -0.314 e. The lowest BCUT2D eigenvalue weighted by molar-refractivity contribution is -0.137. The van der Waals surface area contributed by atoms with E-state index in [0.29, 0.717) is 6.54 Å². The summed E-state index contributed by atoms with van der Waals surface area (Å²) in [7, 11) is -3.73. The highest BCUT2D eigenvalue weighted by Gasteiger charge is 2.37. The Bertz CT molecular complexity index is 557. The van der Waals surface area contributed by atoms with E-state index in [1.54, 1.807) is 0 Å². The maximum absolute atomic E-state index is 12.9. The van der Waals surface area contributed by atoms with E-state index in [2.05, 4.69) is 5.32 Å². The van der Waals surface area contributed by atoms with Crippen molar-refractivity contribution in [2.75, 3.05) is 29.7 Å². The number of halogens is 3. The van der Waals surface area contributed by atoms with Gasteiger partial charge in [-0.25, -0.2) is 8.42 Å². The molecule has 0 bridgehead atoms. The molecule has 1 aliphatic heterocycles. The highest BCUT2D eigenvalue weighted by molar-refractivity contribution is 7.92. The van der Waals surface area contributed by atoms with Crippen LogP contribution in [0.2, 0.25) is 0 Å². The molecule has 0 atom stereocenters.